The average molecular weight is 283 g/mol. The van der Waals surface area contributed by atoms with E-state index in [1.54, 1.807) is 7.11 Å². The Hall–Kier alpha value is -1.80. The molecule has 0 aliphatic rings. The van der Waals surface area contributed by atoms with Gasteiger partial charge in [-0.25, -0.2) is 0 Å². The van der Waals surface area contributed by atoms with Crippen molar-refractivity contribution in [3.05, 3.63) is 65.2 Å². The van der Waals surface area contributed by atoms with Gasteiger partial charge in [0.05, 0.1) is 7.11 Å². The van der Waals surface area contributed by atoms with Gasteiger partial charge in [0.25, 0.3) is 0 Å². The first-order chi connectivity index (χ1) is 10.3. The van der Waals surface area contributed by atoms with Crippen LogP contribution in [0.25, 0.3) is 0 Å². The van der Waals surface area contributed by atoms with Crippen LogP contribution in [0, 0.1) is 0 Å². The number of methoxy groups -OCH3 is 1. The lowest BCUT2D eigenvalue weighted by Gasteiger charge is -2.22. The summed E-state index contributed by atoms with van der Waals surface area (Å²) in [6.07, 6.45) is 2.00. The van der Waals surface area contributed by atoms with Crippen LogP contribution in [-0.2, 0) is 12.8 Å². The molecule has 21 heavy (non-hydrogen) atoms. The van der Waals surface area contributed by atoms with Crippen LogP contribution in [0.1, 0.15) is 36.6 Å². The van der Waals surface area contributed by atoms with Crippen molar-refractivity contribution >= 4 is 0 Å². The van der Waals surface area contributed by atoms with Crippen LogP contribution in [0.2, 0.25) is 0 Å². The SMILES string of the molecule is CCNC(Cc1ccccc1OC)c1ccccc1CC. The molecule has 0 bridgehead atoms. The number of hydrogen-bond donors (Lipinski definition) is 1. The Morgan fingerprint density at radius 2 is 1.62 bits per heavy atom. The molecule has 1 atom stereocenters. The minimum atomic E-state index is 0.322. The zero-order valence-corrected chi connectivity index (χ0v) is 13.2. The van der Waals surface area contributed by atoms with Gasteiger partial charge in [-0.05, 0) is 42.1 Å². The molecule has 0 spiro atoms. The quantitative estimate of drug-likeness (QED) is 0.824. The number of hydrogen-bond acceptors (Lipinski definition) is 2. The fraction of sp³-hybridized carbons (Fsp3) is 0.368. The number of benzene rings is 2. The second-order valence-corrected chi connectivity index (χ2v) is 5.18. The lowest BCUT2D eigenvalue weighted by Crippen LogP contribution is -2.24. The van der Waals surface area contributed by atoms with E-state index in [2.05, 4.69) is 55.6 Å². The van der Waals surface area contributed by atoms with Crippen LogP contribution in [0.3, 0.4) is 0 Å². The average Bonchev–Trinajstić information content (AvgIpc) is 2.55. The van der Waals surface area contributed by atoms with Gasteiger partial charge in [-0.15, -0.1) is 0 Å². The highest BCUT2D eigenvalue weighted by atomic mass is 16.5. The molecule has 2 rings (SSSR count). The topological polar surface area (TPSA) is 21.3 Å². The lowest BCUT2D eigenvalue weighted by molar-refractivity contribution is 0.405. The predicted molar refractivity (Wildman–Crippen MR) is 88.9 cm³/mol. The van der Waals surface area contributed by atoms with Crippen molar-refractivity contribution < 1.29 is 4.74 Å². The summed E-state index contributed by atoms with van der Waals surface area (Å²) >= 11 is 0. The number of nitrogens with one attached hydrogen (secondary N) is 1. The van der Waals surface area contributed by atoms with Gasteiger partial charge in [0.15, 0.2) is 0 Å². The highest BCUT2D eigenvalue weighted by Crippen LogP contribution is 2.27. The molecule has 2 heteroatoms. The number of para-hydroxylation sites is 1. The van der Waals surface area contributed by atoms with Crippen LogP contribution in [0.5, 0.6) is 5.75 Å². The van der Waals surface area contributed by atoms with E-state index in [1.165, 1.54) is 16.7 Å². The standard InChI is InChI=1S/C19H25NO/c1-4-15-10-6-8-12-17(15)18(20-5-2)14-16-11-7-9-13-19(16)21-3/h6-13,18,20H,4-5,14H2,1-3H3. The number of aryl methyl sites for hydroxylation is 1. The van der Waals surface area contributed by atoms with Crippen LogP contribution in [0.15, 0.2) is 48.5 Å². The maximum absolute atomic E-state index is 5.49. The van der Waals surface area contributed by atoms with E-state index in [4.69, 9.17) is 4.74 Å². The zero-order valence-electron chi connectivity index (χ0n) is 13.2. The van der Waals surface area contributed by atoms with Gasteiger partial charge in [0.1, 0.15) is 5.75 Å². The minimum Gasteiger partial charge on any atom is -0.496 e. The fourth-order valence-electron chi connectivity index (χ4n) is 2.83. The van der Waals surface area contributed by atoms with E-state index >= 15 is 0 Å². The summed E-state index contributed by atoms with van der Waals surface area (Å²) in [5.74, 6) is 0.967. The number of ether oxygens (including phenoxy) is 1. The van der Waals surface area contributed by atoms with Gasteiger partial charge in [-0.1, -0.05) is 56.3 Å². The number of rotatable bonds is 7. The van der Waals surface area contributed by atoms with Crippen molar-refractivity contribution in [2.45, 2.75) is 32.7 Å². The molecule has 2 aromatic rings. The number of likely N-dealkylation sites (N-methyl/N-ethyl adjacent to an activating group) is 1. The van der Waals surface area contributed by atoms with E-state index in [9.17, 15) is 0 Å². The summed E-state index contributed by atoms with van der Waals surface area (Å²) in [6.45, 7) is 5.33. The first kappa shape index (κ1) is 15.6. The third kappa shape index (κ3) is 3.85. The molecule has 0 fully saturated rings. The summed E-state index contributed by atoms with van der Waals surface area (Å²) in [7, 11) is 1.74. The van der Waals surface area contributed by atoms with Gasteiger partial charge < -0.3 is 10.1 Å². The highest BCUT2D eigenvalue weighted by Gasteiger charge is 2.16. The van der Waals surface area contributed by atoms with Crippen molar-refractivity contribution in [3.8, 4) is 5.75 Å². The highest BCUT2D eigenvalue weighted by molar-refractivity contribution is 5.37. The van der Waals surface area contributed by atoms with Crippen LogP contribution in [-0.4, -0.2) is 13.7 Å². The van der Waals surface area contributed by atoms with Crippen molar-refractivity contribution in [3.63, 3.8) is 0 Å². The van der Waals surface area contributed by atoms with E-state index < -0.39 is 0 Å². The molecular weight excluding hydrogens is 258 g/mol. The molecule has 0 saturated carbocycles. The molecule has 112 valence electrons. The van der Waals surface area contributed by atoms with Gasteiger partial charge >= 0.3 is 0 Å². The second kappa shape index (κ2) is 7.84. The third-order valence-corrected chi connectivity index (χ3v) is 3.88. The summed E-state index contributed by atoms with van der Waals surface area (Å²) in [5.41, 5.74) is 4.06. The molecule has 0 amide bonds. The molecule has 1 unspecified atom stereocenters. The smallest absolute Gasteiger partial charge is 0.122 e. The Bertz CT molecular complexity index is 565. The van der Waals surface area contributed by atoms with Crippen molar-refractivity contribution in [1.29, 1.82) is 0 Å². The van der Waals surface area contributed by atoms with Gasteiger partial charge in [0, 0.05) is 6.04 Å². The molecule has 0 aliphatic heterocycles. The minimum absolute atomic E-state index is 0.322. The maximum atomic E-state index is 5.49. The van der Waals surface area contributed by atoms with Crippen LogP contribution < -0.4 is 10.1 Å². The molecule has 2 aromatic carbocycles. The van der Waals surface area contributed by atoms with E-state index in [0.29, 0.717) is 6.04 Å². The van der Waals surface area contributed by atoms with Crippen molar-refractivity contribution in [1.82, 2.24) is 5.32 Å². The molecular formula is C19H25NO. The monoisotopic (exact) mass is 283 g/mol. The van der Waals surface area contributed by atoms with Crippen LogP contribution >= 0.6 is 0 Å². The second-order valence-electron chi connectivity index (χ2n) is 5.18. The molecule has 1 N–H and O–H groups in total. The first-order valence-electron chi connectivity index (χ1n) is 7.73. The lowest BCUT2D eigenvalue weighted by atomic mass is 9.93. The Labute approximate surface area is 128 Å². The predicted octanol–water partition coefficient (Wildman–Crippen LogP) is 4.15. The maximum Gasteiger partial charge on any atom is 0.122 e. The summed E-state index contributed by atoms with van der Waals surface area (Å²) < 4.78 is 5.49. The largest absolute Gasteiger partial charge is 0.496 e. The Morgan fingerprint density at radius 3 is 2.29 bits per heavy atom. The Kier molecular flexibility index (Phi) is 5.82. The normalized spacial score (nSPS) is 12.1. The first-order valence-corrected chi connectivity index (χ1v) is 7.73. The molecule has 0 heterocycles. The van der Waals surface area contributed by atoms with Crippen LogP contribution in [0.4, 0.5) is 0 Å². The molecule has 0 aromatic heterocycles. The van der Waals surface area contributed by atoms with Gasteiger partial charge in [0.2, 0.25) is 0 Å². The van der Waals surface area contributed by atoms with E-state index in [-0.39, 0.29) is 0 Å². The van der Waals surface area contributed by atoms with E-state index in [0.717, 1.165) is 25.1 Å². The summed E-state index contributed by atoms with van der Waals surface area (Å²) in [4.78, 5) is 0. The van der Waals surface area contributed by atoms with E-state index in [1.807, 2.05) is 12.1 Å². The fourth-order valence-corrected chi connectivity index (χ4v) is 2.83. The Balaban J connectivity index is 2.31. The third-order valence-electron chi connectivity index (χ3n) is 3.88. The summed E-state index contributed by atoms with van der Waals surface area (Å²) in [6, 6.07) is 17.3. The van der Waals surface area contributed by atoms with Crippen molar-refractivity contribution in [2.75, 3.05) is 13.7 Å². The molecule has 2 nitrogen and oxygen atoms in total. The van der Waals surface area contributed by atoms with Gasteiger partial charge in [-0.3, -0.25) is 0 Å². The van der Waals surface area contributed by atoms with Crippen molar-refractivity contribution in [2.24, 2.45) is 0 Å². The summed E-state index contributed by atoms with van der Waals surface area (Å²) in [5, 5.41) is 3.62. The molecule has 0 aliphatic carbocycles. The van der Waals surface area contributed by atoms with Gasteiger partial charge in [-0.2, -0.15) is 0 Å². The molecule has 0 saturated heterocycles. The molecule has 0 radical (unpaired) electrons. The Morgan fingerprint density at radius 1 is 0.952 bits per heavy atom. The zero-order chi connectivity index (χ0) is 15.1.